The number of fused-ring (bicyclic) bond motifs is 4. The minimum absolute atomic E-state index is 0.0639. The quantitative estimate of drug-likeness (QED) is 0.569. The van der Waals surface area contributed by atoms with Gasteiger partial charge in [-0.3, -0.25) is 9.79 Å². The van der Waals surface area contributed by atoms with Gasteiger partial charge in [0.25, 0.3) is 6.43 Å². The van der Waals surface area contributed by atoms with Crippen LogP contribution in [0.4, 0.5) is 18.9 Å². The van der Waals surface area contributed by atoms with Gasteiger partial charge in [-0.25, -0.2) is 18.2 Å². The van der Waals surface area contributed by atoms with E-state index in [4.69, 9.17) is 4.74 Å². The highest BCUT2D eigenvalue weighted by molar-refractivity contribution is 5.86. The number of hydrogen-bond donors (Lipinski definition) is 0. The molecule has 1 fully saturated rings. The molecule has 1 aromatic heterocycles. The molecule has 7 nitrogen and oxygen atoms in total. The molecule has 1 saturated heterocycles. The van der Waals surface area contributed by atoms with Crippen LogP contribution in [-0.4, -0.2) is 52.6 Å². The first-order valence-corrected chi connectivity index (χ1v) is 11.5. The first-order valence-electron chi connectivity index (χ1n) is 11.5. The largest absolute Gasteiger partial charge is 0.491 e. The van der Waals surface area contributed by atoms with Crippen LogP contribution in [0.15, 0.2) is 41.7 Å². The second kappa shape index (κ2) is 9.24. The summed E-state index contributed by atoms with van der Waals surface area (Å²) in [7, 11) is 1.86. The number of aromatic nitrogens is 2. The summed E-state index contributed by atoms with van der Waals surface area (Å²) in [6.45, 7) is 3.95. The van der Waals surface area contributed by atoms with Gasteiger partial charge in [0, 0.05) is 57.0 Å². The van der Waals surface area contributed by atoms with Crippen LogP contribution >= 0.6 is 0 Å². The number of amides is 1. The Hall–Kier alpha value is -3.56. The number of anilines is 1. The number of piperazine rings is 1. The third-order valence-corrected chi connectivity index (χ3v) is 6.74. The van der Waals surface area contributed by atoms with Crippen LogP contribution in [0.3, 0.4) is 0 Å². The SMILES string of the molecule is CC(=O)N1CCN2c3cc4/c(=N/Cc5cccc(C(F)F)c5F)ncn(C)c4cc3OCCC2C1. The molecule has 3 aromatic rings. The Labute approximate surface area is 200 Å². The zero-order chi connectivity index (χ0) is 24.7. The lowest BCUT2D eigenvalue weighted by molar-refractivity contribution is -0.129. The van der Waals surface area contributed by atoms with Gasteiger partial charge in [-0.05, 0) is 6.07 Å². The van der Waals surface area contributed by atoms with Crippen molar-refractivity contribution in [3.05, 3.63) is 59.1 Å². The number of alkyl halides is 2. The van der Waals surface area contributed by atoms with E-state index in [0.29, 0.717) is 31.7 Å². The number of nitrogens with zero attached hydrogens (tertiary/aromatic N) is 5. The molecule has 0 bridgehead atoms. The molecule has 0 saturated carbocycles. The van der Waals surface area contributed by atoms with Gasteiger partial charge in [0.15, 0.2) is 5.49 Å². The number of hydrogen-bond acceptors (Lipinski definition) is 5. The summed E-state index contributed by atoms with van der Waals surface area (Å²) < 4.78 is 48.7. The molecule has 1 amide bonds. The van der Waals surface area contributed by atoms with Gasteiger partial charge < -0.3 is 19.1 Å². The van der Waals surface area contributed by atoms with Gasteiger partial charge >= 0.3 is 0 Å². The molecule has 0 aliphatic carbocycles. The second-order valence-electron chi connectivity index (χ2n) is 8.90. The predicted molar refractivity (Wildman–Crippen MR) is 125 cm³/mol. The van der Waals surface area contributed by atoms with E-state index in [1.54, 1.807) is 13.3 Å². The van der Waals surface area contributed by atoms with Crippen LogP contribution in [-0.2, 0) is 18.4 Å². The van der Waals surface area contributed by atoms with E-state index in [9.17, 15) is 18.0 Å². The van der Waals surface area contributed by atoms with Crippen LogP contribution < -0.4 is 15.1 Å². The van der Waals surface area contributed by atoms with E-state index in [-0.39, 0.29) is 24.1 Å². The molecule has 1 unspecified atom stereocenters. The third-order valence-electron chi connectivity index (χ3n) is 6.74. The van der Waals surface area contributed by atoms with Crippen LogP contribution in [0, 0.1) is 5.82 Å². The normalized spacial score (nSPS) is 18.3. The van der Waals surface area contributed by atoms with Gasteiger partial charge in [-0.15, -0.1) is 0 Å². The summed E-state index contributed by atoms with van der Waals surface area (Å²) in [5, 5.41) is 0.748. The monoisotopic (exact) mass is 485 g/mol. The van der Waals surface area contributed by atoms with E-state index in [1.165, 1.54) is 12.1 Å². The zero-order valence-electron chi connectivity index (χ0n) is 19.5. The first kappa shape index (κ1) is 23.2. The first-order chi connectivity index (χ1) is 16.8. The van der Waals surface area contributed by atoms with E-state index in [0.717, 1.165) is 34.8 Å². The average Bonchev–Trinajstić information content (AvgIpc) is 3.01. The van der Waals surface area contributed by atoms with Crippen LogP contribution in [0.2, 0.25) is 0 Å². The molecule has 10 heteroatoms. The molecule has 0 radical (unpaired) electrons. The summed E-state index contributed by atoms with van der Waals surface area (Å²) in [5.74, 6) is -0.126. The smallest absolute Gasteiger partial charge is 0.266 e. The maximum absolute atomic E-state index is 14.5. The Morgan fingerprint density at radius 1 is 1.29 bits per heavy atom. The molecule has 184 valence electrons. The highest BCUT2D eigenvalue weighted by Gasteiger charge is 2.32. The number of halogens is 3. The average molecular weight is 486 g/mol. The standard InChI is InChI=1S/C25H26F3N5O2/c1-15(34)32-7-8-33-17(13-32)6-9-35-22-11-20-19(10-21(22)33)25(30-14-31(20)2)29-12-16-4-3-5-18(23(16)26)24(27)28/h3-5,10-11,14,17,24H,6-9,12-13H2,1-2H3/b29-25-. The van der Waals surface area contributed by atoms with Crippen molar-refractivity contribution < 1.29 is 22.7 Å². The number of ether oxygens (including phenoxy) is 1. The highest BCUT2D eigenvalue weighted by Crippen LogP contribution is 2.37. The zero-order valence-corrected chi connectivity index (χ0v) is 19.5. The van der Waals surface area contributed by atoms with Crippen molar-refractivity contribution in [3.63, 3.8) is 0 Å². The lowest BCUT2D eigenvalue weighted by Gasteiger charge is -2.41. The molecule has 0 N–H and O–H groups in total. The van der Waals surface area contributed by atoms with Crippen molar-refractivity contribution in [2.24, 2.45) is 12.0 Å². The summed E-state index contributed by atoms with van der Waals surface area (Å²) in [4.78, 5) is 25.0. The topological polar surface area (TPSA) is 63.0 Å². The van der Waals surface area contributed by atoms with Crippen molar-refractivity contribution in [3.8, 4) is 5.75 Å². The molecule has 2 aliphatic rings. The van der Waals surface area contributed by atoms with Crippen LogP contribution in [0.5, 0.6) is 5.75 Å². The predicted octanol–water partition coefficient (Wildman–Crippen LogP) is 3.57. The number of rotatable bonds is 3. The minimum atomic E-state index is -2.89. The Morgan fingerprint density at radius 2 is 2.11 bits per heavy atom. The molecule has 1 atom stereocenters. The van der Waals surface area contributed by atoms with E-state index in [2.05, 4.69) is 14.9 Å². The van der Waals surface area contributed by atoms with Crippen LogP contribution in [0.25, 0.3) is 10.9 Å². The van der Waals surface area contributed by atoms with Crippen LogP contribution in [0.1, 0.15) is 30.9 Å². The fraction of sp³-hybridized carbons (Fsp3) is 0.400. The Bertz CT molecular complexity index is 1360. The Kier molecular flexibility index (Phi) is 6.12. The van der Waals surface area contributed by atoms with Crippen molar-refractivity contribution >= 4 is 22.5 Å². The molecule has 5 rings (SSSR count). The van der Waals surface area contributed by atoms with Gasteiger partial charge in [0.05, 0.1) is 42.3 Å². The van der Waals surface area contributed by atoms with Crippen molar-refractivity contribution in [2.75, 3.05) is 31.1 Å². The van der Waals surface area contributed by atoms with Gasteiger partial charge in [-0.1, -0.05) is 18.2 Å². The third kappa shape index (κ3) is 4.33. The molecule has 2 aromatic carbocycles. The molecule has 0 spiro atoms. The van der Waals surface area contributed by atoms with Crippen molar-refractivity contribution in [2.45, 2.75) is 32.4 Å². The summed E-state index contributed by atoms with van der Waals surface area (Å²) in [6.07, 6.45) is -0.489. The summed E-state index contributed by atoms with van der Waals surface area (Å²) in [6, 6.07) is 7.99. The van der Waals surface area contributed by atoms with Gasteiger partial charge in [0.2, 0.25) is 5.91 Å². The van der Waals surface area contributed by atoms with E-state index < -0.39 is 17.8 Å². The van der Waals surface area contributed by atoms with E-state index in [1.807, 2.05) is 28.6 Å². The van der Waals surface area contributed by atoms with Crippen molar-refractivity contribution in [1.82, 2.24) is 14.5 Å². The Balaban J connectivity index is 1.57. The van der Waals surface area contributed by atoms with Gasteiger partial charge in [-0.2, -0.15) is 0 Å². The number of carbonyl (C=O) groups is 1. The molecular formula is C25H26F3N5O2. The maximum Gasteiger partial charge on any atom is 0.266 e. The van der Waals surface area contributed by atoms with Crippen molar-refractivity contribution in [1.29, 1.82) is 0 Å². The highest BCUT2D eigenvalue weighted by atomic mass is 19.3. The second-order valence-corrected chi connectivity index (χ2v) is 8.90. The lowest BCUT2D eigenvalue weighted by atomic mass is 10.1. The number of aryl methyl sites for hydroxylation is 1. The fourth-order valence-electron chi connectivity index (χ4n) is 4.83. The molecule has 35 heavy (non-hydrogen) atoms. The number of benzene rings is 2. The minimum Gasteiger partial charge on any atom is -0.491 e. The number of carbonyl (C=O) groups excluding carboxylic acids is 1. The van der Waals surface area contributed by atoms with Gasteiger partial charge in [0.1, 0.15) is 11.6 Å². The molecular weight excluding hydrogens is 459 g/mol. The maximum atomic E-state index is 14.5. The summed E-state index contributed by atoms with van der Waals surface area (Å²) >= 11 is 0. The fourth-order valence-corrected chi connectivity index (χ4v) is 4.83. The Morgan fingerprint density at radius 3 is 2.89 bits per heavy atom. The molecule has 3 heterocycles. The molecule has 2 aliphatic heterocycles. The lowest BCUT2D eigenvalue weighted by Crippen LogP contribution is -2.54. The van der Waals surface area contributed by atoms with E-state index >= 15 is 0 Å². The summed E-state index contributed by atoms with van der Waals surface area (Å²) in [5.41, 5.74) is 1.59.